The standard InChI is InChI=1S/C14H19Cl2NO/c15-12-4-3-11(5-13(12)16)7-14(8-17,9-18)6-10-1-2-10/h3-5,10,18H,1-2,6-9,17H2. The third kappa shape index (κ3) is 3.39. The van der Waals surface area contributed by atoms with Crippen molar-refractivity contribution < 1.29 is 5.11 Å². The highest BCUT2D eigenvalue weighted by atomic mass is 35.5. The summed E-state index contributed by atoms with van der Waals surface area (Å²) in [4.78, 5) is 0. The third-order valence-corrected chi connectivity index (χ3v) is 4.49. The van der Waals surface area contributed by atoms with Gasteiger partial charge in [0.05, 0.1) is 16.7 Å². The summed E-state index contributed by atoms with van der Waals surface area (Å²) < 4.78 is 0. The lowest BCUT2D eigenvalue weighted by Crippen LogP contribution is -2.37. The van der Waals surface area contributed by atoms with Crippen LogP contribution < -0.4 is 5.73 Å². The van der Waals surface area contributed by atoms with Crippen molar-refractivity contribution in [2.75, 3.05) is 13.2 Å². The molecule has 2 rings (SSSR count). The van der Waals surface area contributed by atoms with Gasteiger partial charge >= 0.3 is 0 Å². The van der Waals surface area contributed by atoms with Crippen molar-refractivity contribution in [1.82, 2.24) is 0 Å². The Morgan fingerprint density at radius 2 is 2.00 bits per heavy atom. The molecule has 3 N–H and O–H groups in total. The number of hydrogen-bond acceptors (Lipinski definition) is 2. The van der Waals surface area contributed by atoms with Gasteiger partial charge in [-0.3, -0.25) is 0 Å². The van der Waals surface area contributed by atoms with Crippen molar-refractivity contribution in [1.29, 1.82) is 0 Å². The van der Waals surface area contributed by atoms with Crippen LogP contribution in [-0.2, 0) is 6.42 Å². The van der Waals surface area contributed by atoms with E-state index in [4.69, 9.17) is 28.9 Å². The Labute approximate surface area is 118 Å². The zero-order valence-corrected chi connectivity index (χ0v) is 11.8. The average molecular weight is 288 g/mol. The highest BCUT2D eigenvalue weighted by Gasteiger charge is 2.35. The molecule has 1 fully saturated rings. The molecule has 0 radical (unpaired) electrons. The maximum Gasteiger partial charge on any atom is 0.0595 e. The van der Waals surface area contributed by atoms with E-state index in [9.17, 15) is 5.11 Å². The Morgan fingerprint density at radius 3 is 2.50 bits per heavy atom. The maximum absolute atomic E-state index is 9.70. The van der Waals surface area contributed by atoms with Gasteiger partial charge in [-0.05, 0) is 36.5 Å². The van der Waals surface area contributed by atoms with E-state index >= 15 is 0 Å². The third-order valence-electron chi connectivity index (χ3n) is 3.75. The molecule has 0 amide bonds. The van der Waals surface area contributed by atoms with Crippen LogP contribution in [0.4, 0.5) is 0 Å². The molecule has 0 aromatic heterocycles. The molecule has 2 nitrogen and oxygen atoms in total. The Balaban J connectivity index is 2.13. The molecule has 1 aliphatic carbocycles. The van der Waals surface area contributed by atoms with Crippen LogP contribution >= 0.6 is 23.2 Å². The van der Waals surface area contributed by atoms with Crippen molar-refractivity contribution >= 4 is 23.2 Å². The van der Waals surface area contributed by atoms with E-state index in [0.29, 0.717) is 16.6 Å². The fraction of sp³-hybridized carbons (Fsp3) is 0.571. The van der Waals surface area contributed by atoms with E-state index in [0.717, 1.165) is 24.3 Å². The fourth-order valence-electron chi connectivity index (χ4n) is 2.43. The van der Waals surface area contributed by atoms with Crippen LogP contribution in [0.5, 0.6) is 0 Å². The number of benzene rings is 1. The first-order valence-electron chi connectivity index (χ1n) is 6.33. The fourth-order valence-corrected chi connectivity index (χ4v) is 2.75. The molecule has 1 unspecified atom stereocenters. The quantitative estimate of drug-likeness (QED) is 0.844. The lowest BCUT2D eigenvalue weighted by atomic mass is 9.78. The lowest BCUT2D eigenvalue weighted by Gasteiger charge is -2.31. The first-order valence-corrected chi connectivity index (χ1v) is 7.09. The van der Waals surface area contributed by atoms with Crippen LogP contribution in [0, 0.1) is 11.3 Å². The molecule has 0 heterocycles. The van der Waals surface area contributed by atoms with Gasteiger partial charge < -0.3 is 10.8 Å². The molecule has 1 atom stereocenters. The molecule has 1 aromatic carbocycles. The number of halogens is 2. The Kier molecular flexibility index (Phi) is 4.54. The van der Waals surface area contributed by atoms with Gasteiger partial charge in [-0.15, -0.1) is 0 Å². The number of nitrogens with two attached hydrogens (primary N) is 1. The van der Waals surface area contributed by atoms with E-state index in [1.807, 2.05) is 12.1 Å². The summed E-state index contributed by atoms with van der Waals surface area (Å²) in [5.74, 6) is 0.739. The van der Waals surface area contributed by atoms with Crippen LogP contribution in [0.15, 0.2) is 18.2 Å². The van der Waals surface area contributed by atoms with Crippen LogP contribution in [0.25, 0.3) is 0 Å². The van der Waals surface area contributed by atoms with Gasteiger partial charge in [0, 0.05) is 12.0 Å². The Hall–Kier alpha value is -0.280. The van der Waals surface area contributed by atoms with E-state index in [-0.39, 0.29) is 12.0 Å². The first-order chi connectivity index (χ1) is 8.58. The maximum atomic E-state index is 9.70. The number of rotatable bonds is 6. The molecular formula is C14H19Cl2NO. The molecule has 1 saturated carbocycles. The largest absolute Gasteiger partial charge is 0.396 e. The SMILES string of the molecule is NCC(CO)(Cc1ccc(Cl)c(Cl)c1)CC1CC1. The monoisotopic (exact) mass is 287 g/mol. The van der Waals surface area contributed by atoms with Crippen molar-refractivity contribution in [3.05, 3.63) is 33.8 Å². The topological polar surface area (TPSA) is 46.2 Å². The van der Waals surface area contributed by atoms with Crippen LogP contribution in [0.2, 0.25) is 10.0 Å². The molecule has 0 saturated heterocycles. The second kappa shape index (κ2) is 5.79. The minimum Gasteiger partial charge on any atom is -0.396 e. The van der Waals surface area contributed by atoms with Crippen molar-refractivity contribution in [2.45, 2.75) is 25.7 Å². The predicted molar refractivity (Wildman–Crippen MR) is 76.1 cm³/mol. The van der Waals surface area contributed by atoms with Gasteiger partial charge in [-0.1, -0.05) is 42.1 Å². The van der Waals surface area contributed by atoms with Gasteiger partial charge in [0.25, 0.3) is 0 Å². The summed E-state index contributed by atoms with van der Waals surface area (Å²) in [5, 5.41) is 10.8. The molecule has 0 aliphatic heterocycles. The van der Waals surface area contributed by atoms with Gasteiger partial charge in [0.1, 0.15) is 0 Å². The van der Waals surface area contributed by atoms with Gasteiger partial charge in [0.2, 0.25) is 0 Å². The first kappa shape index (κ1) is 14.1. The van der Waals surface area contributed by atoms with Crippen molar-refractivity contribution in [3.63, 3.8) is 0 Å². The molecule has 4 heteroatoms. The molecule has 0 bridgehead atoms. The zero-order valence-electron chi connectivity index (χ0n) is 10.3. The summed E-state index contributed by atoms with van der Waals surface area (Å²) in [7, 11) is 0. The van der Waals surface area contributed by atoms with Gasteiger partial charge in [-0.25, -0.2) is 0 Å². The summed E-state index contributed by atoms with van der Waals surface area (Å²) >= 11 is 11.9. The van der Waals surface area contributed by atoms with Crippen molar-refractivity contribution in [3.8, 4) is 0 Å². The predicted octanol–water partition coefficient (Wildman–Crippen LogP) is 3.27. The minimum atomic E-state index is -0.210. The van der Waals surface area contributed by atoms with E-state index < -0.39 is 0 Å². The van der Waals surface area contributed by atoms with E-state index in [2.05, 4.69) is 0 Å². The summed E-state index contributed by atoms with van der Waals surface area (Å²) in [6.45, 7) is 0.625. The van der Waals surface area contributed by atoms with Crippen LogP contribution in [0.1, 0.15) is 24.8 Å². The van der Waals surface area contributed by atoms with Crippen LogP contribution in [0.3, 0.4) is 0 Å². The zero-order chi connectivity index (χ0) is 13.2. The van der Waals surface area contributed by atoms with E-state index in [1.54, 1.807) is 6.07 Å². The highest BCUT2D eigenvalue weighted by Crippen LogP contribution is 2.41. The Bertz CT molecular complexity index is 414. The van der Waals surface area contributed by atoms with Crippen molar-refractivity contribution in [2.24, 2.45) is 17.1 Å². The second-order valence-electron chi connectivity index (χ2n) is 5.43. The normalized spacial score (nSPS) is 18.7. The summed E-state index contributed by atoms with van der Waals surface area (Å²) in [5.41, 5.74) is 6.77. The summed E-state index contributed by atoms with van der Waals surface area (Å²) in [6.07, 6.45) is 4.29. The molecule has 18 heavy (non-hydrogen) atoms. The average Bonchev–Trinajstić information content (AvgIpc) is 3.17. The van der Waals surface area contributed by atoms with E-state index in [1.165, 1.54) is 12.8 Å². The minimum absolute atomic E-state index is 0.125. The lowest BCUT2D eigenvalue weighted by molar-refractivity contribution is 0.115. The molecule has 1 aromatic rings. The second-order valence-corrected chi connectivity index (χ2v) is 6.25. The number of aliphatic hydroxyl groups excluding tert-OH is 1. The molecule has 100 valence electrons. The number of hydrogen-bond donors (Lipinski definition) is 2. The molecule has 1 aliphatic rings. The summed E-state index contributed by atoms with van der Waals surface area (Å²) in [6, 6.07) is 5.63. The smallest absolute Gasteiger partial charge is 0.0595 e. The molecular weight excluding hydrogens is 269 g/mol. The number of aliphatic hydroxyl groups is 1. The molecule has 0 spiro atoms. The Morgan fingerprint density at radius 1 is 1.28 bits per heavy atom. The van der Waals surface area contributed by atoms with Crippen LogP contribution in [-0.4, -0.2) is 18.3 Å². The highest BCUT2D eigenvalue weighted by molar-refractivity contribution is 6.42. The van der Waals surface area contributed by atoms with Gasteiger partial charge in [0.15, 0.2) is 0 Å². The van der Waals surface area contributed by atoms with Gasteiger partial charge in [-0.2, -0.15) is 0 Å².